The maximum atomic E-state index is 12.6. The fourth-order valence-corrected chi connectivity index (χ4v) is 3.30. The first kappa shape index (κ1) is 15.7. The van der Waals surface area contributed by atoms with E-state index in [9.17, 15) is 4.79 Å². The number of piperidine rings is 1. The largest absolute Gasteiger partial charge is 0.379 e. The number of ether oxygens (including phenoxy) is 1. The van der Waals surface area contributed by atoms with Crippen LogP contribution in [0.3, 0.4) is 0 Å². The zero-order valence-corrected chi connectivity index (χ0v) is 13.7. The van der Waals surface area contributed by atoms with Crippen molar-refractivity contribution in [2.45, 2.75) is 25.9 Å². The Morgan fingerprint density at radius 3 is 2.83 bits per heavy atom. The van der Waals surface area contributed by atoms with Crippen molar-refractivity contribution in [1.29, 1.82) is 0 Å². The topological polar surface area (TPSA) is 58.2 Å². The van der Waals surface area contributed by atoms with E-state index in [2.05, 4.69) is 34.5 Å². The molecule has 0 radical (unpaired) electrons. The van der Waals surface area contributed by atoms with Gasteiger partial charge in [0.1, 0.15) is 0 Å². The van der Waals surface area contributed by atoms with Gasteiger partial charge in [0.15, 0.2) is 0 Å². The second kappa shape index (κ2) is 6.96. The lowest BCUT2D eigenvalue weighted by Crippen LogP contribution is -2.48. The highest BCUT2D eigenvalue weighted by molar-refractivity contribution is 5.95. The van der Waals surface area contributed by atoms with Gasteiger partial charge in [-0.25, -0.2) is 0 Å². The monoisotopic (exact) mass is 313 g/mol. The predicted octanol–water partition coefficient (Wildman–Crippen LogP) is 2.44. The SMILES string of the molecule is CO[C@@H]1CN(C(=O)c2cn[nH]c2C)CC[C@@H]1Cc1ccccc1. The molecule has 23 heavy (non-hydrogen) atoms. The van der Waals surface area contributed by atoms with Crippen LogP contribution < -0.4 is 0 Å². The van der Waals surface area contributed by atoms with Gasteiger partial charge >= 0.3 is 0 Å². The van der Waals surface area contributed by atoms with E-state index < -0.39 is 0 Å². The molecule has 3 rings (SSSR count). The van der Waals surface area contributed by atoms with Crippen molar-refractivity contribution in [2.75, 3.05) is 20.2 Å². The van der Waals surface area contributed by atoms with Crippen LogP contribution in [0.4, 0.5) is 0 Å². The number of hydrogen-bond acceptors (Lipinski definition) is 3. The smallest absolute Gasteiger partial charge is 0.257 e. The molecule has 1 fully saturated rings. The molecule has 1 aliphatic rings. The summed E-state index contributed by atoms with van der Waals surface area (Å²) in [5.41, 5.74) is 2.79. The first-order valence-corrected chi connectivity index (χ1v) is 8.05. The number of aryl methyl sites for hydroxylation is 1. The molecule has 1 aromatic carbocycles. The number of methoxy groups -OCH3 is 1. The molecule has 0 aliphatic carbocycles. The van der Waals surface area contributed by atoms with Crippen molar-refractivity contribution >= 4 is 5.91 Å². The van der Waals surface area contributed by atoms with Crippen LogP contribution in [-0.2, 0) is 11.2 Å². The first-order chi connectivity index (χ1) is 11.2. The summed E-state index contributed by atoms with van der Waals surface area (Å²) in [6.45, 7) is 3.27. The number of aromatic amines is 1. The third kappa shape index (κ3) is 3.45. The maximum absolute atomic E-state index is 12.6. The van der Waals surface area contributed by atoms with Gasteiger partial charge in [0.25, 0.3) is 5.91 Å². The molecule has 122 valence electrons. The molecule has 1 N–H and O–H groups in total. The van der Waals surface area contributed by atoms with Crippen LogP contribution >= 0.6 is 0 Å². The van der Waals surface area contributed by atoms with Gasteiger partial charge in [0.2, 0.25) is 0 Å². The Labute approximate surface area is 136 Å². The molecule has 0 unspecified atom stereocenters. The lowest BCUT2D eigenvalue weighted by atomic mass is 9.87. The number of H-pyrrole nitrogens is 1. The molecule has 5 nitrogen and oxygen atoms in total. The highest BCUT2D eigenvalue weighted by Gasteiger charge is 2.32. The number of nitrogens with zero attached hydrogens (tertiary/aromatic N) is 2. The number of rotatable bonds is 4. The second-order valence-corrected chi connectivity index (χ2v) is 6.17. The Morgan fingerprint density at radius 1 is 1.39 bits per heavy atom. The number of carbonyl (C=O) groups is 1. The van der Waals surface area contributed by atoms with Gasteiger partial charge in [-0.15, -0.1) is 0 Å². The zero-order chi connectivity index (χ0) is 16.2. The molecule has 5 heteroatoms. The van der Waals surface area contributed by atoms with Crippen molar-refractivity contribution in [1.82, 2.24) is 15.1 Å². The van der Waals surface area contributed by atoms with E-state index >= 15 is 0 Å². The summed E-state index contributed by atoms with van der Waals surface area (Å²) in [4.78, 5) is 14.5. The maximum Gasteiger partial charge on any atom is 0.257 e. The van der Waals surface area contributed by atoms with E-state index in [0.717, 1.165) is 25.1 Å². The molecule has 2 aromatic rings. The molecule has 0 bridgehead atoms. The van der Waals surface area contributed by atoms with Crippen LogP contribution in [-0.4, -0.2) is 47.3 Å². The first-order valence-electron chi connectivity index (χ1n) is 8.05. The van der Waals surface area contributed by atoms with Crippen molar-refractivity contribution in [3.63, 3.8) is 0 Å². The van der Waals surface area contributed by atoms with Crippen LogP contribution in [0.15, 0.2) is 36.5 Å². The minimum absolute atomic E-state index is 0.0384. The number of benzene rings is 1. The Bertz CT molecular complexity index is 653. The van der Waals surface area contributed by atoms with Crippen molar-refractivity contribution in [3.8, 4) is 0 Å². The summed E-state index contributed by atoms with van der Waals surface area (Å²) < 4.78 is 5.69. The van der Waals surface area contributed by atoms with E-state index in [1.165, 1.54) is 5.56 Å². The van der Waals surface area contributed by atoms with Gasteiger partial charge in [-0.05, 0) is 31.2 Å². The fraction of sp³-hybridized carbons (Fsp3) is 0.444. The van der Waals surface area contributed by atoms with Gasteiger partial charge in [-0.3, -0.25) is 9.89 Å². The van der Waals surface area contributed by atoms with E-state index in [1.54, 1.807) is 13.3 Å². The van der Waals surface area contributed by atoms with Crippen LogP contribution in [0.25, 0.3) is 0 Å². The van der Waals surface area contributed by atoms with Gasteiger partial charge < -0.3 is 9.64 Å². The summed E-state index contributed by atoms with van der Waals surface area (Å²) in [7, 11) is 1.74. The van der Waals surface area contributed by atoms with Crippen molar-refractivity contribution in [3.05, 3.63) is 53.3 Å². The lowest BCUT2D eigenvalue weighted by molar-refractivity contribution is -0.00699. The molecular weight excluding hydrogens is 290 g/mol. The average Bonchev–Trinajstić information content (AvgIpc) is 3.01. The Kier molecular flexibility index (Phi) is 4.76. The van der Waals surface area contributed by atoms with Gasteiger partial charge in [-0.1, -0.05) is 30.3 Å². The molecule has 2 heterocycles. The summed E-state index contributed by atoms with van der Waals surface area (Å²) in [5.74, 6) is 0.480. The number of hydrogen-bond donors (Lipinski definition) is 1. The highest BCUT2D eigenvalue weighted by atomic mass is 16.5. The van der Waals surface area contributed by atoms with Gasteiger partial charge in [0.05, 0.1) is 17.9 Å². The quantitative estimate of drug-likeness (QED) is 0.943. The normalized spacial score (nSPS) is 21.4. The fourth-order valence-electron chi connectivity index (χ4n) is 3.30. The molecular formula is C18H23N3O2. The molecule has 0 saturated carbocycles. The number of likely N-dealkylation sites (tertiary alicyclic amines) is 1. The third-order valence-electron chi connectivity index (χ3n) is 4.69. The van der Waals surface area contributed by atoms with Gasteiger partial charge in [-0.2, -0.15) is 5.10 Å². The number of nitrogens with one attached hydrogen (secondary N) is 1. The van der Waals surface area contributed by atoms with Crippen LogP contribution in [0, 0.1) is 12.8 Å². The van der Waals surface area contributed by atoms with Crippen LogP contribution in [0.2, 0.25) is 0 Å². The molecule has 1 aliphatic heterocycles. The van der Waals surface area contributed by atoms with Crippen LogP contribution in [0.5, 0.6) is 0 Å². The van der Waals surface area contributed by atoms with Crippen molar-refractivity contribution < 1.29 is 9.53 Å². The Morgan fingerprint density at radius 2 is 2.17 bits per heavy atom. The van der Waals surface area contributed by atoms with Crippen LogP contribution in [0.1, 0.15) is 28.0 Å². The highest BCUT2D eigenvalue weighted by Crippen LogP contribution is 2.25. The summed E-state index contributed by atoms with van der Waals surface area (Å²) in [6.07, 6.45) is 3.62. The van der Waals surface area contributed by atoms with Gasteiger partial charge in [0, 0.05) is 25.9 Å². The van der Waals surface area contributed by atoms with Crippen molar-refractivity contribution in [2.24, 2.45) is 5.92 Å². The number of amides is 1. The lowest BCUT2D eigenvalue weighted by Gasteiger charge is -2.38. The Balaban J connectivity index is 1.67. The van der Waals surface area contributed by atoms with E-state index in [1.807, 2.05) is 17.9 Å². The standard InChI is InChI=1S/C18H23N3O2/c1-13-16(11-19-20-13)18(22)21-9-8-15(17(12-21)23-2)10-14-6-4-3-5-7-14/h3-7,11,15,17H,8-10,12H2,1-2H3,(H,19,20)/t15-,17-/m1/s1. The summed E-state index contributed by atoms with van der Waals surface area (Å²) in [5, 5.41) is 6.77. The molecule has 1 aromatic heterocycles. The second-order valence-electron chi connectivity index (χ2n) is 6.17. The minimum Gasteiger partial charge on any atom is -0.379 e. The average molecular weight is 313 g/mol. The molecule has 2 atom stereocenters. The van der Waals surface area contributed by atoms with E-state index in [-0.39, 0.29) is 12.0 Å². The number of aromatic nitrogens is 2. The minimum atomic E-state index is 0.0384. The molecule has 1 amide bonds. The third-order valence-corrected chi connectivity index (χ3v) is 4.69. The molecule has 0 spiro atoms. The number of carbonyl (C=O) groups excluding carboxylic acids is 1. The van der Waals surface area contributed by atoms with E-state index in [4.69, 9.17) is 4.74 Å². The van der Waals surface area contributed by atoms with E-state index in [0.29, 0.717) is 18.0 Å². The zero-order valence-electron chi connectivity index (χ0n) is 13.7. The summed E-state index contributed by atoms with van der Waals surface area (Å²) >= 11 is 0. The predicted molar refractivity (Wildman–Crippen MR) is 88.3 cm³/mol. The molecule has 1 saturated heterocycles. The Hall–Kier alpha value is -2.14. The summed E-state index contributed by atoms with van der Waals surface area (Å²) in [6, 6.07) is 10.5.